The molecule has 0 rings (SSSR count). The maximum Gasteiger partial charge on any atom is 0.122 e. The Balaban J connectivity index is 0. The molecule has 0 aromatic heterocycles. The molecule has 3 heteroatoms. The molecule has 0 aromatic rings. The van der Waals surface area contributed by atoms with Crippen molar-refractivity contribution in [2.45, 2.75) is 26.7 Å². The highest BCUT2D eigenvalue weighted by atomic mass is 16.1. The smallest absolute Gasteiger partial charge is 0.122 e. The molecular formula is C8H20N2O. The van der Waals surface area contributed by atoms with Crippen molar-refractivity contribution < 1.29 is 4.79 Å². The Morgan fingerprint density at radius 3 is 1.55 bits per heavy atom. The maximum atomic E-state index is 9.50. The normalized spacial score (nSPS) is 8.82. The van der Waals surface area contributed by atoms with Gasteiger partial charge in [0.05, 0.1) is 0 Å². The first-order chi connectivity index (χ1) is 5.18. The van der Waals surface area contributed by atoms with Crippen LogP contribution in [0.15, 0.2) is 0 Å². The molecular weight excluding hydrogens is 140 g/mol. The lowest BCUT2D eigenvalue weighted by Crippen LogP contribution is -2.03. The van der Waals surface area contributed by atoms with E-state index in [1.807, 2.05) is 13.8 Å². The van der Waals surface area contributed by atoms with Crippen LogP contribution in [0.4, 0.5) is 0 Å². The highest BCUT2D eigenvalue weighted by molar-refractivity contribution is 5.51. The minimum atomic E-state index is 0.204. The molecule has 3 nitrogen and oxygen atoms in total. The number of nitrogens with two attached hydrogens (primary N) is 2. The van der Waals surface area contributed by atoms with Gasteiger partial charge in [-0.2, -0.15) is 0 Å². The van der Waals surface area contributed by atoms with Gasteiger partial charge in [0.1, 0.15) is 6.29 Å². The van der Waals surface area contributed by atoms with Crippen molar-refractivity contribution in [2.24, 2.45) is 17.4 Å². The van der Waals surface area contributed by atoms with Crippen molar-refractivity contribution >= 4 is 6.29 Å². The number of hydrogen-bond donors (Lipinski definition) is 2. The molecule has 0 amide bonds. The summed E-state index contributed by atoms with van der Waals surface area (Å²) in [6, 6.07) is 0. The summed E-state index contributed by atoms with van der Waals surface area (Å²) >= 11 is 0. The molecule has 0 aliphatic rings. The average molecular weight is 160 g/mol. The lowest BCUT2D eigenvalue weighted by molar-refractivity contribution is -0.110. The third-order valence-electron chi connectivity index (χ3n) is 0.930. The molecule has 0 aliphatic heterocycles. The molecule has 0 unspecified atom stereocenters. The number of carbonyl (C=O) groups excluding carboxylic acids is 1. The third kappa shape index (κ3) is 26.2. The van der Waals surface area contributed by atoms with Crippen LogP contribution < -0.4 is 11.5 Å². The standard InChI is InChI=1S/C4H12N2.C4H8O/c5-3-1-2-4-6;1-4(2)3-5/h1-6H2;3-4H,1-2H3. The highest BCUT2D eigenvalue weighted by Gasteiger charge is 1.79. The molecule has 0 atom stereocenters. The van der Waals surface area contributed by atoms with E-state index in [2.05, 4.69) is 0 Å². The lowest BCUT2D eigenvalue weighted by atomic mass is 10.3. The minimum absolute atomic E-state index is 0.204. The summed E-state index contributed by atoms with van der Waals surface area (Å²) in [5.41, 5.74) is 10.3. The quantitative estimate of drug-likeness (QED) is 0.465. The fourth-order valence-electron chi connectivity index (χ4n) is 0.289. The van der Waals surface area contributed by atoms with Gasteiger partial charge in [-0.05, 0) is 25.9 Å². The minimum Gasteiger partial charge on any atom is -0.330 e. The number of carbonyl (C=O) groups is 1. The molecule has 4 N–H and O–H groups in total. The van der Waals surface area contributed by atoms with E-state index in [1.165, 1.54) is 0 Å². The summed E-state index contributed by atoms with van der Waals surface area (Å²) in [6.45, 7) is 5.26. The van der Waals surface area contributed by atoms with Gasteiger partial charge in [0.15, 0.2) is 0 Å². The van der Waals surface area contributed by atoms with Crippen LogP contribution in [-0.4, -0.2) is 19.4 Å². The van der Waals surface area contributed by atoms with Gasteiger partial charge < -0.3 is 16.3 Å². The summed E-state index contributed by atoms with van der Waals surface area (Å²) in [6.07, 6.45) is 3.05. The summed E-state index contributed by atoms with van der Waals surface area (Å²) in [5.74, 6) is 0.204. The maximum absolute atomic E-state index is 9.50. The van der Waals surface area contributed by atoms with E-state index in [9.17, 15) is 4.79 Å². The van der Waals surface area contributed by atoms with E-state index in [0.29, 0.717) is 0 Å². The summed E-state index contributed by atoms with van der Waals surface area (Å²) in [5, 5.41) is 0. The van der Waals surface area contributed by atoms with Crippen molar-refractivity contribution in [3.63, 3.8) is 0 Å². The summed E-state index contributed by atoms with van der Waals surface area (Å²) < 4.78 is 0. The number of hydrogen-bond acceptors (Lipinski definition) is 3. The molecule has 0 aliphatic carbocycles. The molecule has 0 spiro atoms. The lowest BCUT2D eigenvalue weighted by Gasteiger charge is -1.87. The van der Waals surface area contributed by atoms with Crippen molar-refractivity contribution in [3.05, 3.63) is 0 Å². The van der Waals surface area contributed by atoms with Crippen LogP contribution in [0.25, 0.3) is 0 Å². The van der Waals surface area contributed by atoms with Crippen LogP contribution in [0.3, 0.4) is 0 Å². The molecule has 11 heavy (non-hydrogen) atoms. The monoisotopic (exact) mass is 160 g/mol. The zero-order valence-electron chi connectivity index (χ0n) is 7.55. The molecule has 0 aromatic carbocycles. The Hall–Kier alpha value is -0.410. The van der Waals surface area contributed by atoms with E-state index in [-0.39, 0.29) is 5.92 Å². The second-order valence-electron chi connectivity index (χ2n) is 2.66. The largest absolute Gasteiger partial charge is 0.330 e. The Kier molecular flexibility index (Phi) is 14.7. The van der Waals surface area contributed by atoms with E-state index in [0.717, 1.165) is 32.2 Å². The SMILES string of the molecule is CC(C)C=O.NCCCCN. The average Bonchev–Trinajstić information content (AvgIpc) is 2.02. The van der Waals surface area contributed by atoms with Crippen molar-refractivity contribution in [2.75, 3.05) is 13.1 Å². The predicted molar refractivity (Wildman–Crippen MR) is 48.2 cm³/mol. The van der Waals surface area contributed by atoms with Crippen LogP contribution in [0, 0.1) is 5.92 Å². The fraction of sp³-hybridized carbons (Fsp3) is 0.875. The van der Waals surface area contributed by atoms with Gasteiger partial charge in [-0.25, -0.2) is 0 Å². The molecule has 0 fully saturated rings. The van der Waals surface area contributed by atoms with Gasteiger partial charge in [-0.3, -0.25) is 0 Å². The number of rotatable bonds is 4. The molecule has 0 saturated heterocycles. The molecule has 0 radical (unpaired) electrons. The Morgan fingerprint density at radius 1 is 1.18 bits per heavy atom. The topological polar surface area (TPSA) is 69.1 Å². The van der Waals surface area contributed by atoms with Crippen LogP contribution in [0.1, 0.15) is 26.7 Å². The second-order valence-corrected chi connectivity index (χ2v) is 2.66. The van der Waals surface area contributed by atoms with Gasteiger partial charge in [0.2, 0.25) is 0 Å². The van der Waals surface area contributed by atoms with E-state index < -0.39 is 0 Å². The van der Waals surface area contributed by atoms with Crippen LogP contribution in [-0.2, 0) is 4.79 Å². The zero-order valence-corrected chi connectivity index (χ0v) is 7.55. The van der Waals surface area contributed by atoms with Gasteiger partial charge in [-0.1, -0.05) is 13.8 Å². The van der Waals surface area contributed by atoms with Crippen molar-refractivity contribution in [1.29, 1.82) is 0 Å². The van der Waals surface area contributed by atoms with E-state index >= 15 is 0 Å². The van der Waals surface area contributed by atoms with Crippen LogP contribution in [0.2, 0.25) is 0 Å². The predicted octanol–water partition coefficient (Wildman–Crippen LogP) is 0.525. The first kappa shape index (κ1) is 13.2. The number of aldehydes is 1. The van der Waals surface area contributed by atoms with E-state index in [4.69, 9.17) is 11.5 Å². The first-order valence-corrected chi connectivity index (χ1v) is 4.04. The van der Waals surface area contributed by atoms with Gasteiger partial charge in [0, 0.05) is 5.92 Å². The highest BCUT2D eigenvalue weighted by Crippen LogP contribution is 1.78. The first-order valence-electron chi connectivity index (χ1n) is 4.04. The van der Waals surface area contributed by atoms with Crippen molar-refractivity contribution in [1.82, 2.24) is 0 Å². The van der Waals surface area contributed by atoms with Crippen LogP contribution >= 0.6 is 0 Å². The Morgan fingerprint density at radius 2 is 1.45 bits per heavy atom. The van der Waals surface area contributed by atoms with E-state index in [1.54, 1.807) is 0 Å². The Bertz CT molecular complexity index is 70.5. The van der Waals surface area contributed by atoms with Gasteiger partial charge in [-0.15, -0.1) is 0 Å². The zero-order chi connectivity index (χ0) is 9.11. The Labute approximate surface area is 69.1 Å². The van der Waals surface area contributed by atoms with Crippen LogP contribution in [0.5, 0.6) is 0 Å². The summed E-state index contributed by atoms with van der Waals surface area (Å²) in [4.78, 5) is 9.50. The van der Waals surface area contributed by atoms with Gasteiger partial charge >= 0.3 is 0 Å². The van der Waals surface area contributed by atoms with Gasteiger partial charge in [0.25, 0.3) is 0 Å². The molecule has 0 heterocycles. The fourth-order valence-corrected chi connectivity index (χ4v) is 0.289. The molecule has 68 valence electrons. The number of unbranched alkanes of at least 4 members (excludes halogenated alkanes) is 1. The molecule has 0 saturated carbocycles. The summed E-state index contributed by atoms with van der Waals surface area (Å²) in [7, 11) is 0. The molecule has 0 bridgehead atoms. The second kappa shape index (κ2) is 12.3. The van der Waals surface area contributed by atoms with Crippen molar-refractivity contribution in [3.8, 4) is 0 Å². The third-order valence-corrected chi connectivity index (χ3v) is 0.930.